The molecule has 0 bridgehead atoms. The highest BCUT2D eigenvalue weighted by atomic mass is 19.4. The van der Waals surface area contributed by atoms with Crippen LogP contribution in [0.5, 0.6) is 0 Å². The molecule has 7 heteroatoms. The maximum atomic E-state index is 12.2. The van der Waals surface area contributed by atoms with Gasteiger partial charge in [0.25, 0.3) is 5.91 Å². The SMILES string of the molecule is CNC(=O)c1ccc(/C=C/C(=O)OC(C)C(F)(F)F)cc1. The van der Waals surface area contributed by atoms with Crippen molar-refractivity contribution in [2.75, 3.05) is 7.05 Å². The molecule has 1 N–H and O–H groups in total. The minimum atomic E-state index is -4.58. The van der Waals surface area contributed by atoms with E-state index in [0.717, 1.165) is 13.0 Å². The molecule has 0 spiro atoms. The summed E-state index contributed by atoms with van der Waals surface area (Å²) < 4.78 is 40.8. The molecular formula is C14H14F3NO3. The van der Waals surface area contributed by atoms with E-state index >= 15 is 0 Å². The molecule has 0 saturated carbocycles. The number of carbonyl (C=O) groups excluding carboxylic acids is 2. The molecule has 0 fully saturated rings. The molecule has 1 aromatic rings. The molecule has 114 valence electrons. The highest BCUT2D eigenvalue weighted by molar-refractivity contribution is 5.94. The predicted molar refractivity (Wildman–Crippen MR) is 70.5 cm³/mol. The van der Waals surface area contributed by atoms with Crippen molar-refractivity contribution in [1.82, 2.24) is 5.32 Å². The van der Waals surface area contributed by atoms with E-state index in [1.807, 2.05) is 0 Å². The molecule has 0 saturated heterocycles. The van der Waals surface area contributed by atoms with Crippen LogP contribution < -0.4 is 5.32 Å². The van der Waals surface area contributed by atoms with E-state index in [4.69, 9.17) is 0 Å². The molecule has 1 aromatic carbocycles. The van der Waals surface area contributed by atoms with Crippen LogP contribution in [0.3, 0.4) is 0 Å². The first-order valence-electron chi connectivity index (χ1n) is 6.01. The third-order valence-electron chi connectivity index (χ3n) is 2.57. The number of carbonyl (C=O) groups is 2. The fraction of sp³-hybridized carbons (Fsp3) is 0.286. The Morgan fingerprint density at radius 3 is 2.29 bits per heavy atom. The second kappa shape index (κ2) is 6.92. The normalized spacial score (nSPS) is 13.0. The van der Waals surface area contributed by atoms with Gasteiger partial charge in [0.15, 0.2) is 6.10 Å². The van der Waals surface area contributed by atoms with E-state index in [9.17, 15) is 22.8 Å². The van der Waals surface area contributed by atoms with Gasteiger partial charge in [-0.15, -0.1) is 0 Å². The summed E-state index contributed by atoms with van der Waals surface area (Å²) >= 11 is 0. The number of benzene rings is 1. The minimum absolute atomic E-state index is 0.260. The van der Waals surface area contributed by atoms with Crippen LogP contribution in [0.4, 0.5) is 13.2 Å². The van der Waals surface area contributed by atoms with Gasteiger partial charge in [-0.3, -0.25) is 4.79 Å². The maximum Gasteiger partial charge on any atom is 0.425 e. The van der Waals surface area contributed by atoms with E-state index in [2.05, 4.69) is 10.1 Å². The average Bonchev–Trinajstić information content (AvgIpc) is 2.43. The highest BCUT2D eigenvalue weighted by Gasteiger charge is 2.38. The monoisotopic (exact) mass is 301 g/mol. The van der Waals surface area contributed by atoms with Crippen molar-refractivity contribution < 1.29 is 27.5 Å². The number of esters is 1. The minimum Gasteiger partial charge on any atom is -0.450 e. The fourth-order valence-electron chi connectivity index (χ4n) is 1.33. The summed E-state index contributed by atoms with van der Waals surface area (Å²) in [5.74, 6) is -1.35. The van der Waals surface area contributed by atoms with Gasteiger partial charge >= 0.3 is 12.1 Å². The number of hydrogen-bond donors (Lipinski definition) is 1. The average molecular weight is 301 g/mol. The summed E-state index contributed by atoms with van der Waals surface area (Å²) in [5.41, 5.74) is 0.988. The third kappa shape index (κ3) is 5.29. The number of hydrogen-bond acceptors (Lipinski definition) is 3. The first-order chi connectivity index (χ1) is 9.74. The van der Waals surface area contributed by atoms with Crippen LogP contribution in [-0.4, -0.2) is 31.2 Å². The molecule has 0 aliphatic carbocycles. The van der Waals surface area contributed by atoms with Crippen molar-refractivity contribution in [2.45, 2.75) is 19.2 Å². The summed E-state index contributed by atoms with van der Waals surface area (Å²) in [6.07, 6.45) is -4.54. The Balaban J connectivity index is 2.64. The van der Waals surface area contributed by atoms with Crippen LogP contribution in [0, 0.1) is 0 Å². The molecule has 0 aromatic heterocycles. The molecule has 0 radical (unpaired) electrons. The van der Waals surface area contributed by atoms with Crippen molar-refractivity contribution in [3.8, 4) is 0 Å². The molecule has 1 amide bonds. The zero-order valence-corrected chi connectivity index (χ0v) is 11.4. The van der Waals surface area contributed by atoms with Crippen LogP contribution in [0.2, 0.25) is 0 Å². The Bertz CT molecular complexity index is 535. The molecule has 1 atom stereocenters. The Morgan fingerprint density at radius 2 is 1.81 bits per heavy atom. The summed E-state index contributed by atoms with van der Waals surface area (Å²) in [6, 6.07) is 6.17. The van der Waals surface area contributed by atoms with Crippen molar-refractivity contribution in [3.63, 3.8) is 0 Å². The van der Waals surface area contributed by atoms with E-state index in [1.165, 1.54) is 25.3 Å². The van der Waals surface area contributed by atoms with Crippen LogP contribution >= 0.6 is 0 Å². The number of amides is 1. The first-order valence-corrected chi connectivity index (χ1v) is 6.01. The Hall–Kier alpha value is -2.31. The Kier molecular flexibility index (Phi) is 5.52. The van der Waals surface area contributed by atoms with Crippen molar-refractivity contribution >= 4 is 18.0 Å². The number of nitrogens with one attached hydrogen (secondary N) is 1. The zero-order chi connectivity index (χ0) is 16.0. The lowest BCUT2D eigenvalue weighted by Gasteiger charge is -2.14. The Labute approximate surface area is 119 Å². The molecular weight excluding hydrogens is 287 g/mol. The fourth-order valence-corrected chi connectivity index (χ4v) is 1.33. The lowest BCUT2D eigenvalue weighted by Crippen LogP contribution is -2.30. The molecule has 0 aliphatic heterocycles. The smallest absolute Gasteiger partial charge is 0.425 e. The van der Waals surface area contributed by atoms with Crippen LogP contribution in [0.15, 0.2) is 30.3 Å². The topological polar surface area (TPSA) is 55.4 Å². The summed E-state index contributed by atoms with van der Waals surface area (Å²) in [5, 5.41) is 2.45. The largest absolute Gasteiger partial charge is 0.450 e. The van der Waals surface area contributed by atoms with Crippen molar-refractivity contribution in [3.05, 3.63) is 41.5 Å². The quantitative estimate of drug-likeness (QED) is 0.687. The molecule has 4 nitrogen and oxygen atoms in total. The molecule has 0 aliphatic rings. The number of ether oxygens (including phenoxy) is 1. The Morgan fingerprint density at radius 1 is 1.24 bits per heavy atom. The molecule has 21 heavy (non-hydrogen) atoms. The highest BCUT2D eigenvalue weighted by Crippen LogP contribution is 2.22. The van der Waals surface area contributed by atoms with Gasteiger partial charge < -0.3 is 10.1 Å². The lowest BCUT2D eigenvalue weighted by atomic mass is 10.1. The lowest BCUT2D eigenvalue weighted by molar-refractivity contribution is -0.213. The van der Waals surface area contributed by atoms with Gasteiger partial charge in [-0.2, -0.15) is 13.2 Å². The summed E-state index contributed by atoms with van der Waals surface area (Å²) in [7, 11) is 1.49. The standard InChI is InChI=1S/C14H14F3NO3/c1-9(14(15,16)17)21-12(19)8-5-10-3-6-11(7-4-10)13(20)18-2/h3-9H,1-2H3,(H,18,20)/b8-5+. The van der Waals surface area contributed by atoms with E-state index in [0.29, 0.717) is 11.1 Å². The summed E-state index contributed by atoms with van der Waals surface area (Å²) in [6.45, 7) is 0.754. The van der Waals surface area contributed by atoms with Gasteiger partial charge in [0.1, 0.15) is 0 Å². The maximum absolute atomic E-state index is 12.2. The van der Waals surface area contributed by atoms with E-state index < -0.39 is 18.2 Å². The van der Waals surface area contributed by atoms with Gasteiger partial charge in [0, 0.05) is 18.7 Å². The summed E-state index contributed by atoms with van der Waals surface area (Å²) in [4.78, 5) is 22.5. The van der Waals surface area contributed by atoms with Gasteiger partial charge in [-0.1, -0.05) is 12.1 Å². The van der Waals surface area contributed by atoms with Gasteiger partial charge in [0.05, 0.1) is 0 Å². The van der Waals surface area contributed by atoms with E-state index in [1.54, 1.807) is 12.1 Å². The van der Waals surface area contributed by atoms with Gasteiger partial charge in [-0.25, -0.2) is 4.79 Å². The van der Waals surface area contributed by atoms with Crippen LogP contribution in [-0.2, 0) is 9.53 Å². The predicted octanol–water partition coefficient (Wildman–Crippen LogP) is 2.55. The first kappa shape index (κ1) is 16.7. The van der Waals surface area contributed by atoms with Crippen LogP contribution in [0.25, 0.3) is 6.08 Å². The third-order valence-corrected chi connectivity index (χ3v) is 2.57. The van der Waals surface area contributed by atoms with Gasteiger partial charge in [-0.05, 0) is 30.7 Å². The van der Waals surface area contributed by atoms with Gasteiger partial charge in [0.2, 0.25) is 0 Å². The van der Waals surface area contributed by atoms with E-state index in [-0.39, 0.29) is 5.91 Å². The van der Waals surface area contributed by atoms with Crippen molar-refractivity contribution in [1.29, 1.82) is 0 Å². The molecule has 0 heterocycles. The number of alkyl halides is 3. The second-order valence-electron chi connectivity index (χ2n) is 4.16. The molecule has 1 unspecified atom stereocenters. The number of rotatable bonds is 4. The van der Waals surface area contributed by atoms with Crippen LogP contribution in [0.1, 0.15) is 22.8 Å². The van der Waals surface area contributed by atoms with Crippen molar-refractivity contribution in [2.24, 2.45) is 0 Å². The zero-order valence-electron chi connectivity index (χ0n) is 11.4. The molecule has 1 rings (SSSR count). The second-order valence-corrected chi connectivity index (χ2v) is 4.16. The number of halogens is 3.